The van der Waals surface area contributed by atoms with Gasteiger partial charge >= 0.3 is 5.97 Å². The highest BCUT2D eigenvalue weighted by Crippen LogP contribution is 2.23. The lowest BCUT2D eigenvalue weighted by Gasteiger charge is -2.16. The van der Waals surface area contributed by atoms with E-state index in [1.165, 1.54) is 51.4 Å². The first-order valence-electron chi connectivity index (χ1n) is 10.0. The Morgan fingerprint density at radius 3 is 2.20 bits per heavy atom. The molecule has 0 saturated carbocycles. The van der Waals surface area contributed by atoms with Gasteiger partial charge in [-0.25, -0.2) is 0 Å². The average Bonchev–Trinajstić information content (AvgIpc) is 2.63. The summed E-state index contributed by atoms with van der Waals surface area (Å²) in [6, 6.07) is 9.34. The van der Waals surface area contributed by atoms with Crippen molar-refractivity contribution < 1.29 is 9.53 Å². The summed E-state index contributed by atoms with van der Waals surface area (Å²) in [6.07, 6.45) is 10.7. The molecular formula is C22H36O2S. The molecule has 1 aromatic carbocycles. The highest BCUT2D eigenvalue weighted by atomic mass is 32.2. The van der Waals surface area contributed by atoms with Crippen LogP contribution >= 0.6 is 11.8 Å². The van der Waals surface area contributed by atoms with E-state index in [2.05, 4.69) is 13.8 Å². The minimum Gasteiger partial charge on any atom is -0.426 e. The second kappa shape index (κ2) is 14.2. The Bertz CT molecular complexity index is 439. The molecule has 1 unspecified atom stereocenters. The summed E-state index contributed by atoms with van der Waals surface area (Å²) in [6.45, 7) is 6.52. The Morgan fingerprint density at radius 1 is 1.00 bits per heavy atom. The topological polar surface area (TPSA) is 26.3 Å². The molecule has 1 aromatic rings. The van der Waals surface area contributed by atoms with Crippen molar-refractivity contribution in [3.8, 4) is 5.75 Å². The van der Waals surface area contributed by atoms with Crippen molar-refractivity contribution in [1.29, 1.82) is 0 Å². The van der Waals surface area contributed by atoms with E-state index in [9.17, 15) is 4.79 Å². The fourth-order valence-electron chi connectivity index (χ4n) is 2.93. The van der Waals surface area contributed by atoms with Gasteiger partial charge in [0.05, 0.1) is 5.92 Å². The van der Waals surface area contributed by atoms with Gasteiger partial charge in [-0.05, 0) is 36.6 Å². The predicted molar refractivity (Wildman–Crippen MR) is 110 cm³/mol. The standard InChI is InChI=1S/C22H36O2S/c1-4-6-12-20(13-7-5-2)14-11-17-25-18-19(3)22(23)24-21-15-9-8-10-16-21/h8-10,15-16,19-20H,4-7,11-14,17-18H2,1-3H3. The maximum Gasteiger partial charge on any atom is 0.314 e. The normalized spacial score (nSPS) is 12.3. The van der Waals surface area contributed by atoms with Crippen LogP contribution < -0.4 is 4.74 Å². The average molecular weight is 365 g/mol. The fraction of sp³-hybridized carbons (Fsp3) is 0.682. The minimum atomic E-state index is -0.123. The van der Waals surface area contributed by atoms with Gasteiger partial charge in [0, 0.05) is 5.75 Å². The summed E-state index contributed by atoms with van der Waals surface area (Å²) in [5, 5.41) is 0. The molecule has 0 heterocycles. The highest BCUT2D eigenvalue weighted by Gasteiger charge is 2.15. The lowest BCUT2D eigenvalue weighted by atomic mass is 9.92. The lowest BCUT2D eigenvalue weighted by molar-refractivity contribution is -0.137. The number of hydrogen-bond acceptors (Lipinski definition) is 3. The largest absolute Gasteiger partial charge is 0.426 e. The zero-order chi connectivity index (χ0) is 18.3. The molecule has 0 spiro atoms. The number of esters is 1. The van der Waals surface area contributed by atoms with Gasteiger partial charge in [0.2, 0.25) is 0 Å². The van der Waals surface area contributed by atoms with Crippen molar-refractivity contribution >= 4 is 17.7 Å². The second-order valence-corrected chi connectivity index (χ2v) is 8.15. The van der Waals surface area contributed by atoms with Crippen molar-refractivity contribution in [3.05, 3.63) is 30.3 Å². The number of hydrogen-bond donors (Lipinski definition) is 0. The Kier molecular flexibility index (Phi) is 12.6. The Labute approximate surface area is 159 Å². The number of unbranched alkanes of at least 4 members (excludes halogenated alkanes) is 2. The molecule has 0 N–H and O–H groups in total. The molecule has 1 atom stereocenters. The first-order valence-corrected chi connectivity index (χ1v) is 11.2. The summed E-state index contributed by atoms with van der Waals surface area (Å²) >= 11 is 1.89. The van der Waals surface area contributed by atoms with Crippen LogP contribution in [-0.4, -0.2) is 17.5 Å². The van der Waals surface area contributed by atoms with Gasteiger partial charge in [-0.2, -0.15) is 11.8 Å². The van der Waals surface area contributed by atoms with Crippen molar-refractivity contribution in [2.75, 3.05) is 11.5 Å². The Balaban J connectivity index is 2.16. The van der Waals surface area contributed by atoms with Gasteiger partial charge in [0.1, 0.15) is 5.75 Å². The third-order valence-corrected chi connectivity index (χ3v) is 5.88. The predicted octanol–water partition coefficient (Wildman–Crippen LogP) is 6.74. The van der Waals surface area contributed by atoms with Crippen LogP contribution in [-0.2, 0) is 4.79 Å². The number of carbonyl (C=O) groups excluding carboxylic acids is 1. The summed E-state index contributed by atoms with van der Waals surface area (Å²) < 4.78 is 5.41. The molecule has 0 bridgehead atoms. The minimum absolute atomic E-state index is 0.0545. The molecule has 3 heteroatoms. The van der Waals surface area contributed by atoms with Crippen LogP contribution in [0.2, 0.25) is 0 Å². The number of thioether (sulfide) groups is 1. The Morgan fingerprint density at radius 2 is 1.60 bits per heavy atom. The smallest absolute Gasteiger partial charge is 0.314 e. The van der Waals surface area contributed by atoms with E-state index in [1.54, 1.807) is 0 Å². The summed E-state index contributed by atoms with van der Waals surface area (Å²) in [4.78, 5) is 12.1. The fourth-order valence-corrected chi connectivity index (χ4v) is 3.95. The molecule has 2 nitrogen and oxygen atoms in total. The highest BCUT2D eigenvalue weighted by molar-refractivity contribution is 7.99. The molecule has 0 radical (unpaired) electrons. The number of benzene rings is 1. The molecule has 142 valence electrons. The van der Waals surface area contributed by atoms with E-state index < -0.39 is 0 Å². The van der Waals surface area contributed by atoms with Crippen LogP contribution in [0.1, 0.15) is 72.1 Å². The zero-order valence-electron chi connectivity index (χ0n) is 16.3. The lowest BCUT2D eigenvalue weighted by Crippen LogP contribution is -2.20. The van der Waals surface area contributed by atoms with Gasteiger partial charge < -0.3 is 4.74 Å². The van der Waals surface area contributed by atoms with Gasteiger partial charge in [0.25, 0.3) is 0 Å². The molecule has 1 rings (SSSR count). The maximum atomic E-state index is 12.1. The SMILES string of the molecule is CCCCC(CCCC)CCCSCC(C)C(=O)Oc1ccccc1. The number of ether oxygens (including phenoxy) is 1. The Hall–Kier alpha value is -0.960. The molecule has 0 aliphatic heterocycles. The first kappa shape index (κ1) is 22.1. The van der Waals surface area contributed by atoms with Crippen LogP contribution in [0.3, 0.4) is 0 Å². The number of rotatable bonds is 14. The van der Waals surface area contributed by atoms with E-state index in [-0.39, 0.29) is 11.9 Å². The maximum absolute atomic E-state index is 12.1. The van der Waals surface area contributed by atoms with Gasteiger partial charge in [-0.3, -0.25) is 4.79 Å². The van der Waals surface area contributed by atoms with E-state index in [4.69, 9.17) is 4.74 Å². The van der Waals surface area contributed by atoms with Gasteiger partial charge in [-0.1, -0.05) is 77.5 Å². The molecule has 0 fully saturated rings. The van der Waals surface area contributed by atoms with Crippen molar-refractivity contribution in [3.63, 3.8) is 0 Å². The molecule has 25 heavy (non-hydrogen) atoms. The molecule has 0 aliphatic rings. The monoisotopic (exact) mass is 364 g/mol. The molecule has 0 saturated heterocycles. The summed E-state index contributed by atoms with van der Waals surface area (Å²) in [5.74, 6) is 3.36. The third kappa shape index (κ3) is 10.6. The van der Waals surface area contributed by atoms with Gasteiger partial charge in [0.15, 0.2) is 0 Å². The van der Waals surface area contributed by atoms with Crippen molar-refractivity contribution in [2.45, 2.75) is 72.1 Å². The zero-order valence-corrected chi connectivity index (χ0v) is 17.2. The van der Waals surface area contributed by atoms with E-state index in [1.807, 2.05) is 49.0 Å². The third-order valence-electron chi connectivity index (χ3n) is 4.56. The summed E-state index contributed by atoms with van der Waals surface area (Å²) in [7, 11) is 0. The number of para-hydroxylation sites is 1. The molecular weight excluding hydrogens is 328 g/mol. The van der Waals surface area contributed by atoms with E-state index >= 15 is 0 Å². The van der Waals surface area contributed by atoms with Crippen molar-refractivity contribution in [1.82, 2.24) is 0 Å². The molecule has 0 aliphatic carbocycles. The quantitative estimate of drug-likeness (QED) is 0.208. The second-order valence-electron chi connectivity index (χ2n) is 7.00. The van der Waals surface area contributed by atoms with E-state index in [0.29, 0.717) is 5.75 Å². The van der Waals surface area contributed by atoms with Crippen LogP contribution in [0, 0.1) is 11.8 Å². The van der Waals surface area contributed by atoms with Gasteiger partial charge in [-0.15, -0.1) is 0 Å². The molecule has 0 aromatic heterocycles. The van der Waals surface area contributed by atoms with Crippen LogP contribution in [0.25, 0.3) is 0 Å². The van der Waals surface area contributed by atoms with Crippen molar-refractivity contribution in [2.24, 2.45) is 11.8 Å². The van der Waals surface area contributed by atoms with Crippen LogP contribution in [0.4, 0.5) is 0 Å². The van der Waals surface area contributed by atoms with Crippen LogP contribution in [0.15, 0.2) is 30.3 Å². The first-order chi connectivity index (χ1) is 12.2. The van der Waals surface area contributed by atoms with E-state index in [0.717, 1.165) is 17.4 Å². The van der Waals surface area contributed by atoms with Crippen LogP contribution in [0.5, 0.6) is 5.75 Å². The molecule has 0 amide bonds. The summed E-state index contributed by atoms with van der Waals surface area (Å²) in [5.41, 5.74) is 0. The number of carbonyl (C=O) groups is 1.